The molecule has 0 N–H and O–H groups in total. The van der Waals surface area contributed by atoms with E-state index in [1.807, 2.05) is 0 Å². The number of halogens is 8. The Morgan fingerprint density at radius 2 is 0.903 bits per heavy atom. The molecule has 0 fully saturated rings. The van der Waals surface area contributed by atoms with Gasteiger partial charge in [-0.25, -0.2) is 0 Å². The molecule has 12 heteroatoms. The molecule has 0 saturated heterocycles. The maximum absolute atomic E-state index is 14.3. The van der Waals surface area contributed by atoms with Crippen LogP contribution < -0.4 is 9.47 Å². The zero-order valence-corrected chi connectivity index (χ0v) is 16.3. The highest BCUT2D eigenvalue weighted by molar-refractivity contribution is 6.68. The molecule has 0 radical (unpaired) electrons. The minimum atomic E-state index is -5.87. The second-order valence-electron chi connectivity index (χ2n) is 6.18. The molecule has 164 valence electrons. The van der Waals surface area contributed by atoms with Crippen LogP contribution in [-0.4, -0.2) is 28.3 Å². The molecule has 0 amide bonds. The zero-order valence-electron chi connectivity index (χ0n) is 14.8. The molecule has 0 aliphatic heterocycles. The van der Waals surface area contributed by atoms with E-state index in [4.69, 9.17) is 23.2 Å². The molecule has 2 aromatic rings. The van der Waals surface area contributed by atoms with Crippen molar-refractivity contribution in [1.82, 2.24) is 0 Å². The quantitative estimate of drug-likeness (QED) is 0.370. The lowest BCUT2D eigenvalue weighted by atomic mass is 10.1. The number of alkyl halides is 6. The Labute approximate surface area is 179 Å². The maximum atomic E-state index is 14.3. The molecule has 0 aromatic heterocycles. The summed E-state index contributed by atoms with van der Waals surface area (Å²) in [7, 11) is 0. The fraction of sp³-hybridized carbons (Fsp3) is 0.158. The second kappa shape index (κ2) is 7.76. The van der Waals surface area contributed by atoms with Crippen molar-refractivity contribution >= 4 is 33.7 Å². The molecule has 2 aromatic carbocycles. The van der Waals surface area contributed by atoms with Gasteiger partial charge in [-0.1, -0.05) is 0 Å². The van der Waals surface area contributed by atoms with Crippen LogP contribution in [0.25, 0.3) is 0 Å². The third kappa shape index (κ3) is 3.85. The topological polar surface area (TPSA) is 52.6 Å². The highest BCUT2D eigenvalue weighted by atomic mass is 35.5. The minimum absolute atomic E-state index is 0.0813. The highest BCUT2D eigenvalue weighted by Gasteiger charge is 2.83. The normalized spacial score (nSPS) is 18.6. The maximum Gasteiger partial charge on any atom is 0.387 e. The van der Waals surface area contributed by atoms with Crippen LogP contribution in [0.5, 0.6) is 11.5 Å². The molecule has 1 aliphatic rings. The van der Waals surface area contributed by atoms with Crippen LogP contribution in [0, 0.1) is 0 Å². The average molecular weight is 485 g/mol. The van der Waals surface area contributed by atoms with Gasteiger partial charge < -0.3 is 9.47 Å². The number of hydrogen-bond donors (Lipinski definition) is 0. The lowest BCUT2D eigenvalue weighted by Crippen LogP contribution is -2.50. The van der Waals surface area contributed by atoms with E-state index in [1.165, 1.54) is 0 Å². The van der Waals surface area contributed by atoms with Gasteiger partial charge in [0.2, 0.25) is 11.5 Å². The predicted octanol–water partition coefficient (Wildman–Crippen LogP) is 6.03. The summed E-state index contributed by atoms with van der Waals surface area (Å²) in [4.78, 5) is 22.1. The van der Waals surface area contributed by atoms with Crippen molar-refractivity contribution in [3.63, 3.8) is 0 Å². The van der Waals surface area contributed by atoms with E-state index in [1.54, 1.807) is 0 Å². The lowest BCUT2D eigenvalue weighted by Gasteiger charge is -2.24. The van der Waals surface area contributed by atoms with E-state index in [0.717, 1.165) is 48.5 Å². The third-order valence-corrected chi connectivity index (χ3v) is 4.60. The molecule has 0 heterocycles. The number of carbonyl (C=O) groups is 2. The first-order valence-electron chi connectivity index (χ1n) is 8.13. The Bertz CT molecular complexity index is 982. The number of carbonyl (C=O) groups excluding carboxylic acids is 2. The van der Waals surface area contributed by atoms with Crippen LogP contribution in [0.1, 0.15) is 20.7 Å². The van der Waals surface area contributed by atoms with Gasteiger partial charge in [0, 0.05) is 11.1 Å². The van der Waals surface area contributed by atoms with Crippen molar-refractivity contribution in [2.24, 2.45) is 0 Å². The van der Waals surface area contributed by atoms with E-state index in [0.29, 0.717) is 0 Å². The van der Waals surface area contributed by atoms with Gasteiger partial charge >= 0.3 is 17.8 Å². The predicted molar refractivity (Wildman–Crippen MR) is 96.4 cm³/mol. The van der Waals surface area contributed by atoms with Crippen molar-refractivity contribution in [1.29, 1.82) is 0 Å². The minimum Gasteiger partial charge on any atom is -0.451 e. The zero-order chi connectivity index (χ0) is 23.2. The summed E-state index contributed by atoms with van der Waals surface area (Å²) < 4.78 is 94.2. The molecule has 4 nitrogen and oxygen atoms in total. The first-order chi connectivity index (χ1) is 14.3. The van der Waals surface area contributed by atoms with Gasteiger partial charge in [-0.15, -0.1) is 0 Å². The Morgan fingerprint density at radius 1 is 0.613 bits per heavy atom. The van der Waals surface area contributed by atoms with Gasteiger partial charge in [-0.2, -0.15) is 26.3 Å². The van der Waals surface area contributed by atoms with Crippen LogP contribution in [0.15, 0.2) is 60.0 Å². The fourth-order valence-corrected chi connectivity index (χ4v) is 2.78. The van der Waals surface area contributed by atoms with E-state index >= 15 is 0 Å². The molecular formula is C19H8Cl2F6O4. The first kappa shape index (κ1) is 23.0. The summed E-state index contributed by atoms with van der Waals surface area (Å²) in [6.07, 6.45) is 0. The SMILES string of the molecule is O=C(Cl)c1ccc(OC2=C(Oc3ccc(C(=O)Cl)cc3)C(F)(F)C(F)(F)C2(F)F)cc1. The molecule has 0 bridgehead atoms. The third-order valence-electron chi connectivity index (χ3n) is 4.17. The molecule has 1 aliphatic carbocycles. The first-order valence-corrected chi connectivity index (χ1v) is 8.89. The molecule has 0 unspecified atom stereocenters. The van der Waals surface area contributed by atoms with E-state index in [2.05, 4.69) is 9.47 Å². The van der Waals surface area contributed by atoms with E-state index in [9.17, 15) is 35.9 Å². The van der Waals surface area contributed by atoms with E-state index < -0.39 is 51.3 Å². The smallest absolute Gasteiger partial charge is 0.387 e. The van der Waals surface area contributed by atoms with Gasteiger partial charge in [0.05, 0.1) is 0 Å². The van der Waals surface area contributed by atoms with Crippen LogP contribution in [0.2, 0.25) is 0 Å². The van der Waals surface area contributed by atoms with Gasteiger partial charge in [-0.05, 0) is 71.7 Å². The Morgan fingerprint density at radius 3 is 1.16 bits per heavy atom. The highest BCUT2D eigenvalue weighted by Crippen LogP contribution is 2.59. The monoisotopic (exact) mass is 484 g/mol. The van der Waals surface area contributed by atoms with Gasteiger partial charge in [0.25, 0.3) is 10.5 Å². The molecule has 3 rings (SSSR count). The number of allylic oxidation sites excluding steroid dienone is 2. The van der Waals surface area contributed by atoms with Crippen molar-refractivity contribution in [3.8, 4) is 11.5 Å². The average Bonchev–Trinajstić information content (AvgIpc) is 2.79. The van der Waals surface area contributed by atoms with Gasteiger partial charge in [0.1, 0.15) is 11.5 Å². The van der Waals surface area contributed by atoms with Crippen LogP contribution >= 0.6 is 23.2 Å². The summed E-state index contributed by atoms with van der Waals surface area (Å²) in [5.74, 6) is -22.1. The molecular weight excluding hydrogens is 477 g/mol. The van der Waals surface area contributed by atoms with Crippen molar-refractivity contribution < 1.29 is 45.4 Å². The summed E-state index contributed by atoms with van der Waals surface area (Å²) in [6, 6.07) is 7.62. The standard InChI is InChI=1S/C19H8Cl2F6O4/c20-15(28)9-1-5-11(6-2-9)30-13-14(18(24,25)19(26,27)17(13,22)23)31-12-7-3-10(4-8-12)16(21)29/h1-8H. The summed E-state index contributed by atoms with van der Waals surface area (Å²) in [5.41, 5.74) is -0.163. The molecule has 0 atom stereocenters. The largest absolute Gasteiger partial charge is 0.451 e. The second-order valence-corrected chi connectivity index (χ2v) is 6.87. The Kier molecular flexibility index (Phi) is 5.74. The van der Waals surface area contributed by atoms with Gasteiger partial charge in [0.15, 0.2) is 0 Å². The molecule has 31 heavy (non-hydrogen) atoms. The summed E-state index contributed by atoms with van der Waals surface area (Å²) in [5, 5.41) is -1.81. The van der Waals surface area contributed by atoms with Crippen molar-refractivity contribution in [2.75, 3.05) is 0 Å². The van der Waals surface area contributed by atoms with Crippen molar-refractivity contribution in [3.05, 3.63) is 71.2 Å². The van der Waals surface area contributed by atoms with Crippen LogP contribution in [-0.2, 0) is 0 Å². The number of rotatable bonds is 6. The van der Waals surface area contributed by atoms with Crippen molar-refractivity contribution in [2.45, 2.75) is 17.8 Å². The Hall–Kier alpha value is -2.72. The van der Waals surface area contributed by atoms with Crippen LogP contribution in [0.4, 0.5) is 26.3 Å². The molecule has 0 spiro atoms. The number of benzene rings is 2. The number of ether oxygens (including phenoxy) is 2. The lowest BCUT2D eigenvalue weighted by molar-refractivity contribution is -0.273. The van der Waals surface area contributed by atoms with E-state index in [-0.39, 0.29) is 11.1 Å². The fourth-order valence-electron chi connectivity index (χ4n) is 2.53. The molecule has 0 saturated carbocycles. The van der Waals surface area contributed by atoms with Crippen LogP contribution in [0.3, 0.4) is 0 Å². The summed E-state index contributed by atoms with van der Waals surface area (Å²) in [6.45, 7) is 0. The number of hydrogen-bond acceptors (Lipinski definition) is 4. The van der Waals surface area contributed by atoms with Gasteiger partial charge in [-0.3, -0.25) is 9.59 Å². The Balaban J connectivity index is 2.05. The summed E-state index contributed by atoms with van der Waals surface area (Å²) >= 11 is 10.5.